The van der Waals surface area contributed by atoms with Crippen LogP contribution in [0.1, 0.15) is 6.42 Å². The van der Waals surface area contributed by atoms with E-state index in [0.29, 0.717) is 23.3 Å². The van der Waals surface area contributed by atoms with Crippen LogP contribution in [0.15, 0.2) is 41.5 Å². The van der Waals surface area contributed by atoms with Crippen molar-refractivity contribution in [2.75, 3.05) is 16.8 Å². The lowest BCUT2D eigenvalue weighted by atomic mass is 10.1. The van der Waals surface area contributed by atoms with Crippen molar-refractivity contribution in [3.05, 3.63) is 64.5 Å². The molecule has 0 saturated carbocycles. The summed E-state index contributed by atoms with van der Waals surface area (Å²) in [7, 11) is 0. The zero-order valence-electron chi connectivity index (χ0n) is 14.7. The van der Waals surface area contributed by atoms with E-state index in [2.05, 4.69) is 15.3 Å². The number of fused-ring (bicyclic) bond motifs is 1. The van der Waals surface area contributed by atoms with Crippen LogP contribution in [0.3, 0.4) is 0 Å². The molecule has 1 saturated heterocycles. The Bertz CT molecular complexity index is 1190. The molecule has 2 aromatic carbocycles. The van der Waals surface area contributed by atoms with Gasteiger partial charge in [-0.2, -0.15) is 0 Å². The standard InChI is InChI=1S/C19H13F3N4O3/c20-13-5-11(6-14(21)17(13)22)26-7-9(3-16(26)27)18(28)25-10-1-2-15-12(4-10)19(29)24-8-23-15/h1-2,4-6,8-9H,3,7H2,(H,25,28)(H,23,24,29). The Morgan fingerprint density at radius 3 is 2.59 bits per heavy atom. The first-order valence-electron chi connectivity index (χ1n) is 8.56. The minimum atomic E-state index is -1.63. The summed E-state index contributed by atoms with van der Waals surface area (Å²) in [4.78, 5) is 44.1. The molecule has 148 valence electrons. The van der Waals surface area contributed by atoms with Crippen molar-refractivity contribution in [1.29, 1.82) is 0 Å². The van der Waals surface area contributed by atoms with Crippen molar-refractivity contribution < 1.29 is 22.8 Å². The maximum Gasteiger partial charge on any atom is 0.258 e. The molecule has 0 spiro atoms. The van der Waals surface area contributed by atoms with Gasteiger partial charge in [0.15, 0.2) is 17.5 Å². The van der Waals surface area contributed by atoms with Crippen LogP contribution in [0.5, 0.6) is 0 Å². The molecule has 2 amide bonds. The summed E-state index contributed by atoms with van der Waals surface area (Å²) in [5.41, 5.74) is 0.263. The number of hydrogen-bond donors (Lipinski definition) is 2. The van der Waals surface area contributed by atoms with Crippen LogP contribution in [0.25, 0.3) is 10.9 Å². The average molecular weight is 402 g/mol. The predicted octanol–water partition coefficient (Wildman–Crippen LogP) is 2.33. The number of halogens is 3. The van der Waals surface area contributed by atoms with Crippen LogP contribution in [0.4, 0.5) is 24.5 Å². The first-order valence-corrected chi connectivity index (χ1v) is 8.56. The zero-order valence-corrected chi connectivity index (χ0v) is 14.7. The smallest absolute Gasteiger partial charge is 0.258 e. The number of carbonyl (C=O) groups is 2. The zero-order chi connectivity index (χ0) is 20.7. The number of aromatic amines is 1. The van der Waals surface area contributed by atoms with E-state index >= 15 is 0 Å². The highest BCUT2D eigenvalue weighted by molar-refractivity contribution is 6.04. The quantitative estimate of drug-likeness (QED) is 0.658. The van der Waals surface area contributed by atoms with Gasteiger partial charge in [0.25, 0.3) is 5.56 Å². The van der Waals surface area contributed by atoms with Gasteiger partial charge >= 0.3 is 0 Å². The number of aromatic nitrogens is 2. The van der Waals surface area contributed by atoms with Gasteiger partial charge in [-0.25, -0.2) is 18.2 Å². The van der Waals surface area contributed by atoms with Crippen LogP contribution in [0.2, 0.25) is 0 Å². The number of benzene rings is 2. The minimum Gasteiger partial charge on any atom is -0.326 e. The lowest BCUT2D eigenvalue weighted by molar-refractivity contribution is -0.122. The third-order valence-electron chi connectivity index (χ3n) is 4.68. The van der Waals surface area contributed by atoms with Crippen molar-refractivity contribution in [3.8, 4) is 0 Å². The summed E-state index contributed by atoms with van der Waals surface area (Å²) in [6, 6.07) is 6.00. The molecule has 0 bridgehead atoms. The Labute approximate surface area is 161 Å². The second kappa shape index (κ2) is 7.04. The second-order valence-electron chi connectivity index (χ2n) is 6.58. The molecule has 0 radical (unpaired) electrons. The molecule has 2 heterocycles. The van der Waals surface area contributed by atoms with Crippen molar-refractivity contribution >= 4 is 34.1 Å². The lowest BCUT2D eigenvalue weighted by Crippen LogP contribution is -2.28. The number of hydrogen-bond acceptors (Lipinski definition) is 4. The van der Waals surface area contributed by atoms with E-state index in [0.717, 1.165) is 4.90 Å². The van der Waals surface area contributed by atoms with Gasteiger partial charge in [-0.15, -0.1) is 0 Å². The molecule has 2 N–H and O–H groups in total. The molecular formula is C19H13F3N4O3. The third-order valence-corrected chi connectivity index (χ3v) is 4.68. The topological polar surface area (TPSA) is 95.2 Å². The Morgan fingerprint density at radius 2 is 1.86 bits per heavy atom. The molecule has 1 aliphatic heterocycles. The van der Waals surface area contributed by atoms with E-state index in [1.165, 1.54) is 12.4 Å². The van der Waals surface area contributed by atoms with Gasteiger partial charge in [0, 0.05) is 36.5 Å². The minimum absolute atomic E-state index is 0.120. The monoisotopic (exact) mass is 402 g/mol. The molecule has 1 fully saturated rings. The summed E-state index contributed by atoms with van der Waals surface area (Å²) in [6.07, 6.45) is 1.09. The molecule has 10 heteroatoms. The van der Waals surface area contributed by atoms with Crippen LogP contribution in [-0.2, 0) is 9.59 Å². The van der Waals surface area contributed by atoms with Gasteiger partial charge in [-0.1, -0.05) is 0 Å². The van der Waals surface area contributed by atoms with E-state index in [9.17, 15) is 27.6 Å². The van der Waals surface area contributed by atoms with Crippen LogP contribution in [-0.4, -0.2) is 28.3 Å². The Hall–Kier alpha value is -3.69. The fraction of sp³-hybridized carbons (Fsp3) is 0.158. The third kappa shape index (κ3) is 3.44. The summed E-state index contributed by atoms with van der Waals surface area (Å²) in [5, 5.41) is 2.91. The highest BCUT2D eigenvalue weighted by Crippen LogP contribution is 2.28. The first kappa shape index (κ1) is 18.7. The average Bonchev–Trinajstić information content (AvgIpc) is 3.08. The van der Waals surface area contributed by atoms with E-state index in [4.69, 9.17) is 0 Å². The Morgan fingerprint density at radius 1 is 1.14 bits per heavy atom. The van der Waals surface area contributed by atoms with Crippen molar-refractivity contribution in [2.45, 2.75) is 6.42 Å². The lowest BCUT2D eigenvalue weighted by Gasteiger charge is -2.17. The van der Waals surface area contributed by atoms with Gasteiger partial charge in [0.2, 0.25) is 11.8 Å². The van der Waals surface area contributed by atoms with E-state index in [-0.39, 0.29) is 29.6 Å². The molecule has 4 rings (SSSR count). The molecule has 29 heavy (non-hydrogen) atoms. The first-order chi connectivity index (χ1) is 13.8. The molecular weight excluding hydrogens is 389 g/mol. The van der Waals surface area contributed by atoms with E-state index < -0.39 is 35.2 Å². The Balaban J connectivity index is 1.53. The van der Waals surface area contributed by atoms with Gasteiger partial charge in [-0.3, -0.25) is 14.4 Å². The van der Waals surface area contributed by atoms with Crippen molar-refractivity contribution in [3.63, 3.8) is 0 Å². The van der Waals surface area contributed by atoms with Crippen LogP contribution >= 0.6 is 0 Å². The predicted molar refractivity (Wildman–Crippen MR) is 97.8 cm³/mol. The normalized spacial score (nSPS) is 16.4. The number of nitrogens with zero attached hydrogens (tertiary/aromatic N) is 2. The second-order valence-corrected chi connectivity index (χ2v) is 6.58. The molecule has 3 aromatic rings. The van der Waals surface area contributed by atoms with E-state index in [1.807, 2.05) is 0 Å². The molecule has 1 aromatic heterocycles. The van der Waals surface area contributed by atoms with Crippen LogP contribution < -0.4 is 15.8 Å². The molecule has 1 atom stereocenters. The summed E-state index contributed by atoms with van der Waals surface area (Å²) in [6.45, 7) is -0.120. The highest BCUT2D eigenvalue weighted by atomic mass is 19.2. The van der Waals surface area contributed by atoms with Gasteiger partial charge < -0.3 is 15.2 Å². The fourth-order valence-corrected chi connectivity index (χ4v) is 3.22. The van der Waals surface area contributed by atoms with Crippen molar-refractivity contribution in [1.82, 2.24) is 9.97 Å². The largest absolute Gasteiger partial charge is 0.326 e. The molecule has 0 aliphatic carbocycles. The summed E-state index contributed by atoms with van der Waals surface area (Å²) in [5.74, 6) is -6.28. The number of anilines is 2. The van der Waals surface area contributed by atoms with Gasteiger partial charge in [-0.05, 0) is 18.2 Å². The number of nitrogens with one attached hydrogen (secondary N) is 2. The van der Waals surface area contributed by atoms with Crippen molar-refractivity contribution in [2.24, 2.45) is 5.92 Å². The highest BCUT2D eigenvalue weighted by Gasteiger charge is 2.36. The molecule has 1 unspecified atom stereocenters. The fourth-order valence-electron chi connectivity index (χ4n) is 3.22. The summed E-state index contributed by atoms with van der Waals surface area (Å²) >= 11 is 0. The molecule has 1 aliphatic rings. The Kier molecular flexibility index (Phi) is 4.53. The van der Waals surface area contributed by atoms with Gasteiger partial charge in [0.05, 0.1) is 23.1 Å². The number of rotatable bonds is 3. The maximum absolute atomic E-state index is 13.5. The number of carbonyl (C=O) groups excluding carboxylic acids is 2. The SMILES string of the molecule is O=C(Nc1ccc2nc[nH]c(=O)c2c1)C1CC(=O)N(c2cc(F)c(F)c(F)c2)C1. The van der Waals surface area contributed by atoms with E-state index in [1.54, 1.807) is 12.1 Å². The maximum atomic E-state index is 13.5. The number of H-pyrrole nitrogens is 1. The summed E-state index contributed by atoms with van der Waals surface area (Å²) < 4.78 is 40.1. The number of amides is 2. The molecule has 7 nitrogen and oxygen atoms in total. The van der Waals surface area contributed by atoms with Gasteiger partial charge in [0.1, 0.15) is 0 Å². The van der Waals surface area contributed by atoms with Crippen LogP contribution in [0, 0.1) is 23.4 Å².